The first-order chi connectivity index (χ1) is 8.08. The first-order valence-electron chi connectivity index (χ1n) is 4.96. The quantitative estimate of drug-likeness (QED) is 0.601. The molecule has 1 rings (SSSR count). The molecule has 0 spiro atoms. The van der Waals surface area contributed by atoms with E-state index >= 15 is 0 Å². The summed E-state index contributed by atoms with van der Waals surface area (Å²) >= 11 is 0. The number of phenols is 1. The second-order valence-corrected chi connectivity index (χ2v) is 3.19. The number of nitriles is 1. The standard InChI is InChI=1S/C12H12N2O3/c1-2-17-11-4-3-8(6-10(11)15)5-9(7-13)12(14)16/h3-6,15H,2H2,1H3,(H2,14,16). The lowest BCUT2D eigenvalue weighted by atomic mass is 10.1. The van der Waals surface area contributed by atoms with Crippen LogP contribution in [-0.4, -0.2) is 17.6 Å². The molecule has 0 saturated heterocycles. The molecule has 0 heterocycles. The van der Waals surface area contributed by atoms with Gasteiger partial charge in [-0.15, -0.1) is 0 Å². The highest BCUT2D eigenvalue weighted by Gasteiger charge is 2.06. The van der Waals surface area contributed by atoms with Gasteiger partial charge in [-0.25, -0.2) is 0 Å². The molecule has 0 radical (unpaired) electrons. The zero-order valence-electron chi connectivity index (χ0n) is 9.30. The second-order valence-electron chi connectivity index (χ2n) is 3.19. The number of rotatable bonds is 4. The monoisotopic (exact) mass is 232 g/mol. The molecule has 0 unspecified atom stereocenters. The normalized spacial score (nSPS) is 10.7. The lowest BCUT2D eigenvalue weighted by Crippen LogP contribution is -2.12. The molecule has 0 aliphatic rings. The summed E-state index contributed by atoms with van der Waals surface area (Å²) in [6.07, 6.45) is 1.30. The topological polar surface area (TPSA) is 96.3 Å². The third-order valence-electron chi connectivity index (χ3n) is 1.98. The van der Waals surface area contributed by atoms with Crippen LogP contribution in [0, 0.1) is 11.3 Å². The van der Waals surface area contributed by atoms with Crippen LogP contribution < -0.4 is 10.5 Å². The number of phenolic OH excluding ortho intramolecular Hbond substituents is 1. The summed E-state index contributed by atoms with van der Waals surface area (Å²) in [5, 5.41) is 18.3. The van der Waals surface area contributed by atoms with Gasteiger partial charge in [0.1, 0.15) is 11.6 Å². The second kappa shape index (κ2) is 5.56. The minimum absolute atomic E-state index is 0.0534. The lowest BCUT2D eigenvalue weighted by Gasteiger charge is -2.05. The van der Waals surface area contributed by atoms with E-state index in [1.807, 2.05) is 0 Å². The van der Waals surface area contributed by atoms with E-state index in [1.54, 1.807) is 25.1 Å². The molecule has 0 atom stereocenters. The third kappa shape index (κ3) is 3.24. The van der Waals surface area contributed by atoms with Crippen molar-refractivity contribution in [1.29, 1.82) is 5.26 Å². The molecular weight excluding hydrogens is 220 g/mol. The van der Waals surface area contributed by atoms with Crippen molar-refractivity contribution in [3.05, 3.63) is 29.3 Å². The Kier molecular flexibility index (Phi) is 4.12. The molecule has 1 aromatic carbocycles. The molecule has 3 N–H and O–H groups in total. The van der Waals surface area contributed by atoms with Gasteiger partial charge in [-0.3, -0.25) is 4.79 Å². The number of hydrogen-bond acceptors (Lipinski definition) is 4. The van der Waals surface area contributed by atoms with Crippen molar-refractivity contribution in [3.8, 4) is 17.6 Å². The van der Waals surface area contributed by atoms with Gasteiger partial charge in [0.25, 0.3) is 5.91 Å². The number of nitrogens with zero attached hydrogens (tertiary/aromatic N) is 1. The Morgan fingerprint density at radius 1 is 1.65 bits per heavy atom. The molecule has 0 aromatic heterocycles. The van der Waals surface area contributed by atoms with Crippen molar-refractivity contribution in [3.63, 3.8) is 0 Å². The average molecular weight is 232 g/mol. The van der Waals surface area contributed by atoms with E-state index in [4.69, 9.17) is 15.7 Å². The summed E-state index contributed by atoms with van der Waals surface area (Å²) in [5.41, 5.74) is 5.32. The smallest absolute Gasteiger partial charge is 0.259 e. The molecule has 1 amide bonds. The Morgan fingerprint density at radius 3 is 2.82 bits per heavy atom. The molecule has 0 saturated carbocycles. The highest BCUT2D eigenvalue weighted by atomic mass is 16.5. The summed E-state index contributed by atoms with van der Waals surface area (Å²) < 4.78 is 5.14. The fraction of sp³-hybridized carbons (Fsp3) is 0.167. The van der Waals surface area contributed by atoms with E-state index < -0.39 is 5.91 Å². The molecule has 5 nitrogen and oxygen atoms in total. The van der Waals surface area contributed by atoms with Crippen molar-refractivity contribution in [2.45, 2.75) is 6.92 Å². The highest BCUT2D eigenvalue weighted by Crippen LogP contribution is 2.27. The van der Waals surface area contributed by atoms with Crippen molar-refractivity contribution < 1.29 is 14.6 Å². The maximum atomic E-state index is 10.8. The van der Waals surface area contributed by atoms with E-state index in [-0.39, 0.29) is 11.3 Å². The van der Waals surface area contributed by atoms with Gasteiger partial charge in [0.05, 0.1) is 6.61 Å². The third-order valence-corrected chi connectivity index (χ3v) is 1.98. The number of primary amides is 1. The average Bonchev–Trinajstić information content (AvgIpc) is 2.29. The molecule has 88 valence electrons. The zero-order valence-corrected chi connectivity index (χ0v) is 9.30. The lowest BCUT2D eigenvalue weighted by molar-refractivity contribution is -0.114. The Bertz CT molecular complexity index is 501. The van der Waals surface area contributed by atoms with Crippen LogP contribution in [0.3, 0.4) is 0 Å². The van der Waals surface area contributed by atoms with Crippen molar-refractivity contribution >= 4 is 12.0 Å². The molecule has 1 aromatic rings. The van der Waals surface area contributed by atoms with Crippen LogP contribution in [0.4, 0.5) is 0 Å². The molecule has 5 heteroatoms. The predicted molar refractivity (Wildman–Crippen MR) is 62.1 cm³/mol. The van der Waals surface area contributed by atoms with Crippen LogP contribution in [0.25, 0.3) is 6.08 Å². The number of ether oxygens (including phenoxy) is 1. The van der Waals surface area contributed by atoms with Gasteiger partial charge in [-0.2, -0.15) is 5.26 Å². The number of carbonyl (C=O) groups excluding carboxylic acids is 1. The Labute approximate surface area is 98.7 Å². The van der Waals surface area contributed by atoms with Crippen LogP contribution >= 0.6 is 0 Å². The maximum Gasteiger partial charge on any atom is 0.259 e. The van der Waals surface area contributed by atoms with Crippen molar-refractivity contribution in [2.24, 2.45) is 5.73 Å². The Balaban J connectivity index is 3.06. The molecule has 0 fully saturated rings. The van der Waals surface area contributed by atoms with Gasteiger partial charge >= 0.3 is 0 Å². The molecular formula is C12H12N2O3. The number of aromatic hydroxyl groups is 1. The minimum atomic E-state index is -0.805. The number of nitrogens with two attached hydrogens (primary N) is 1. The number of benzene rings is 1. The summed E-state index contributed by atoms with van der Waals surface area (Å²) in [5.74, 6) is -0.509. The fourth-order valence-corrected chi connectivity index (χ4v) is 1.23. The largest absolute Gasteiger partial charge is 0.504 e. The zero-order chi connectivity index (χ0) is 12.8. The van der Waals surface area contributed by atoms with E-state index in [2.05, 4.69) is 0 Å². The van der Waals surface area contributed by atoms with Gasteiger partial charge in [-0.1, -0.05) is 6.07 Å². The summed E-state index contributed by atoms with van der Waals surface area (Å²) in [4.78, 5) is 10.8. The Morgan fingerprint density at radius 2 is 2.35 bits per heavy atom. The van der Waals surface area contributed by atoms with E-state index in [0.29, 0.717) is 17.9 Å². The predicted octanol–water partition coefficient (Wildman–Crippen LogP) is 1.18. The van der Waals surface area contributed by atoms with Crippen LogP contribution in [0.15, 0.2) is 23.8 Å². The van der Waals surface area contributed by atoms with Crippen LogP contribution in [0.5, 0.6) is 11.5 Å². The number of amides is 1. The van der Waals surface area contributed by atoms with Crippen LogP contribution in [0.1, 0.15) is 12.5 Å². The van der Waals surface area contributed by atoms with E-state index in [0.717, 1.165) is 0 Å². The summed E-state index contributed by atoms with van der Waals surface area (Å²) in [7, 11) is 0. The first kappa shape index (κ1) is 12.6. The Hall–Kier alpha value is -2.48. The van der Waals surface area contributed by atoms with Gasteiger partial charge in [0.2, 0.25) is 0 Å². The SMILES string of the molecule is CCOc1ccc(C=C(C#N)C(N)=O)cc1O. The van der Waals surface area contributed by atoms with Crippen molar-refractivity contribution in [1.82, 2.24) is 0 Å². The van der Waals surface area contributed by atoms with E-state index in [1.165, 1.54) is 12.1 Å². The highest BCUT2D eigenvalue weighted by molar-refractivity contribution is 6.00. The molecule has 0 bridgehead atoms. The summed E-state index contributed by atoms with van der Waals surface area (Å²) in [6, 6.07) is 6.25. The van der Waals surface area contributed by atoms with Crippen molar-refractivity contribution in [2.75, 3.05) is 6.61 Å². The molecule has 17 heavy (non-hydrogen) atoms. The number of carbonyl (C=O) groups is 1. The van der Waals surface area contributed by atoms with Gasteiger partial charge in [-0.05, 0) is 30.7 Å². The summed E-state index contributed by atoms with van der Waals surface area (Å²) in [6.45, 7) is 2.24. The maximum absolute atomic E-state index is 10.8. The number of hydrogen-bond donors (Lipinski definition) is 2. The van der Waals surface area contributed by atoms with E-state index in [9.17, 15) is 9.90 Å². The van der Waals surface area contributed by atoms with Gasteiger partial charge in [0, 0.05) is 0 Å². The minimum Gasteiger partial charge on any atom is -0.504 e. The molecule has 0 aliphatic carbocycles. The van der Waals surface area contributed by atoms with Gasteiger partial charge < -0.3 is 15.6 Å². The first-order valence-corrected chi connectivity index (χ1v) is 4.96. The molecule has 0 aliphatic heterocycles. The van der Waals surface area contributed by atoms with Crippen LogP contribution in [0.2, 0.25) is 0 Å². The van der Waals surface area contributed by atoms with Gasteiger partial charge in [0.15, 0.2) is 11.5 Å². The fourth-order valence-electron chi connectivity index (χ4n) is 1.23. The van der Waals surface area contributed by atoms with Crippen LogP contribution in [-0.2, 0) is 4.79 Å².